The largest absolute Gasteiger partial charge is 0.484 e. The number of pyridine rings is 1. The van der Waals surface area contributed by atoms with Crippen LogP contribution in [0.2, 0.25) is 0 Å². The van der Waals surface area contributed by atoms with Crippen LogP contribution in [0.15, 0.2) is 30.6 Å². The standard InChI is InChI=1S/C15H16N2O2S/c1-16-15(18)13-7-11-12(8-17-9-14(11)20-13)19-10-5-3-2-4-6-10/h3,5,7-10H,2,4,6H2,1H3,(H,16,18). The van der Waals surface area contributed by atoms with Crippen LogP contribution in [-0.2, 0) is 0 Å². The normalized spacial score (nSPS) is 18.1. The van der Waals surface area contributed by atoms with Crippen molar-refractivity contribution in [1.29, 1.82) is 0 Å². The third-order valence-electron chi connectivity index (χ3n) is 3.35. The molecule has 4 nitrogen and oxygen atoms in total. The summed E-state index contributed by atoms with van der Waals surface area (Å²) in [6.45, 7) is 0. The van der Waals surface area contributed by atoms with E-state index in [0.717, 1.165) is 35.1 Å². The van der Waals surface area contributed by atoms with E-state index in [9.17, 15) is 4.79 Å². The Bertz CT molecular complexity index is 663. The van der Waals surface area contributed by atoms with Crippen molar-refractivity contribution < 1.29 is 9.53 Å². The molecule has 0 saturated heterocycles. The molecule has 1 unspecified atom stereocenters. The Balaban J connectivity index is 1.94. The van der Waals surface area contributed by atoms with Crippen LogP contribution < -0.4 is 10.1 Å². The first-order chi connectivity index (χ1) is 9.78. The lowest BCUT2D eigenvalue weighted by Crippen LogP contribution is -2.16. The van der Waals surface area contributed by atoms with Crippen LogP contribution in [0.4, 0.5) is 0 Å². The third-order valence-corrected chi connectivity index (χ3v) is 4.42. The third kappa shape index (κ3) is 2.54. The molecule has 1 aliphatic rings. The van der Waals surface area contributed by atoms with E-state index < -0.39 is 0 Å². The maximum Gasteiger partial charge on any atom is 0.261 e. The predicted molar refractivity (Wildman–Crippen MR) is 80.4 cm³/mol. The van der Waals surface area contributed by atoms with E-state index in [1.54, 1.807) is 19.4 Å². The molecule has 1 amide bonds. The van der Waals surface area contributed by atoms with Crippen molar-refractivity contribution in [2.45, 2.75) is 25.4 Å². The summed E-state index contributed by atoms with van der Waals surface area (Å²) in [5, 5.41) is 3.60. The van der Waals surface area contributed by atoms with E-state index in [1.165, 1.54) is 11.3 Å². The van der Waals surface area contributed by atoms with Crippen molar-refractivity contribution in [2.24, 2.45) is 0 Å². The highest BCUT2D eigenvalue weighted by molar-refractivity contribution is 7.20. The van der Waals surface area contributed by atoms with Crippen LogP contribution in [0.1, 0.15) is 28.9 Å². The van der Waals surface area contributed by atoms with Gasteiger partial charge in [-0.15, -0.1) is 11.3 Å². The minimum Gasteiger partial charge on any atom is -0.484 e. The number of aromatic nitrogens is 1. The fourth-order valence-electron chi connectivity index (χ4n) is 2.31. The zero-order valence-corrected chi connectivity index (χ0v) is 12.1. The van der Waals surface area contributed by atoms with Crippen molar-refractivity contribution in [2.75, 3.05) is 7.05 Å². The topological polar surface area (TPSA) is 51.2 Å². The molecule has 5 heteroatoms. The lowest BCUT2D eigenvalue weighted by atomic mass is 10.1. The molecule has 2 aromatic rings. The SMILES string of the molecule is CNC(=O)c1cc2c(OC3C=CCCC3)cncc2s1. The lowest BCUT2D eigenvalue weighted by Gasteiger charge is -2.18. The van der Waals surface area contributed by atoms with Gasteiger partial charge in [0.15, 0.2) is 0 Å². The first-order valence-electron chi connectivity index (χ1n) is 6.71. The summed E-state index contributed by atoms with van der Waals surface area (Å²) >= 11 is 1.43. The molecule has 1 aliphatic carbocycles. The van der Waals surface area contributed by atoms with Gasteiger partial charge in [-0.1, -0.05) is 6.08 Å². The van der Waals surface area contributed by atoms with Crippen LogP contribution in [0.25, 0.3) is 10.1 Å². The van der Waals surface area contributed by atoms with Gasteiger partial charge >= 0.3 is 0 Å². The summed E-state index contributed by atoms with van der Waals surface area (Å²) in [6, 6.07) is 1.88. The molecule has 20 heavy (non-hydrogen) atoms. The quantitative estimate of drug-likeness (QED) is 0.883. The number of nitrogens with one attached hydrogen (secondary N) is 1. The summed E-state index contributed by atoms with van der Waals surface area (Å²) in [4.78, 5) is 16.6. The van der Waals surface area contributed by atoms with Gasteiger partial charge in [-0.2, -0.15) is 0 Å². The number of carbonyl (C=O) groups is 1. The van der Waals surface area contributed by atoms with Gasteiger partial charge < -0.3 is 10.1 Å². The molecule has 0 spiro atoms. The van der Waals surface area contributed by atoms with E-state index in [1.807, 2.05) is 6.07 Å². The second-order valence-electron chi connectivity index (χ2n) is 4.75. The Morgan fingerprint density at radius 2 is 2.40 bits per heavy atom. The summed E-state index contributed by atoms with van der Waals surface area (Å²) in [7, 11) is 1.63. The van der Waals surface area contributed by atoms with E-state index in [2.05, 4.69) is 22.5 Å². The monoisotopic (exact) mass is 288 g/mol. The van der Waals surface area contributed by atoms with Gasteiger partial charge in [-0.05, 0) is 31.4 Å². The number of amides is 1. The highest BCUT2D eigenvalue weighted by Gasteiger charge is 2.15. The van der Waals surface area contributed by atoms with Crippen molar-refractivity contribution in [3.05, 3.63) is 35.5 Å². The van der Waals surface area contributed by atoms with Gasteiger partial charge in [-0.25, -0.2) is 0 Å². The first-order valence-corrected chi connectivity index (χ1v) is 7.52. The second-order valence-corrected chi connectivity index (χ2v) is 5.84. The average Bonchev–Trinajstić information content (AvgIpc) is 2.93. The molecule has 0 bridgehead atoms. The molecule has 1 N–H and O–H groups in total. The van der Waals surface area contributed by atoms with Gasteiger partial charge in [-0.3, -0.25) is 9.78 Å². The van der Waals surface area contributed by atoms with E-state index >= 15 is 0 Å². The van der Waals surface area contributed by atoms with Crippen LogP contribution >= 0.6 is 11.3 Å². The van der Waals surface area contributed by atoms with E-state index in [-0.39, 0.29) is 12.0 Å². The van der Waals surface area contributed by atoms with Gasteiger partial charge in [0.2, 0.25) is 0 Å². The lowest BCUT2D eigenvalue weighted by molar-refractivity contribution is 0.0967. The highest BCUT2D eigenvalue weighted by Crippen LogP contribution is 2.33. The molecule has 1 atom stereocenters. The molecular formula is C15H16N2O2S. The number of hydrogen-bond donors (Lipinski definition) is 1. The Hall–Kier alpha value is -1.88. The number of rotatable bonds is 3. The summed E-state index contributed by atoms with van der Waals surface area (Å²) in [6.07, 6.45) is 11.2. The van der Waals surface area contributed by atoms with Crippen molar-refractivity contribution in [1.82, 2.24) is 10.3 Å². The molecule has 0 radical (unpaired) electrons. The van der Waals surface area contributed by atoms with E-state index in [4.69, 9.17) is 4.74 Å². The molecule has 0 fully saturated rings. The van der Waals surface area contributed by atoms with Crippen molar-refractivity contribution in [3.8, 4) is 5.75 Å². The summed E-state index contributed by atoms with van der Waals surface area (Å²) < 4.78 is 6.99. The maximum absolute atomic E-state index is 11.7. The van der Waals surface area contributed by atoms with Gasteiger partial charge in [0.1, 0.15) is 11.9 Å². The molecule has 0 aromatic carbocycles. The molecule has 0 aliphatic heterocycles. The van der Waals surface area contributed by atoms with Gasteiger partial charge in [0.05, 0.1) is 15.8 Å². The fraction of sp³-hybridized carbons (Fsp3) is 0.333. The minimum absolute atomic E-state index is 0.0743. The van der Waals surface area contributed by atoms with Crippen LogP contribution in [-0.4, -0.2) is 24.0 Å². The first kappa shape index (κ1) is 13.1. The zero-order chi connectivity index (χ0) is 13.9. The van der Waals surface area contributed by atoms with Crippen LogP contribution in [0.5, 0.6) is 5.75 Å². The Kier molecular flexibility index (Phi) is 3.69. The molecule has 0 saturated carbocycles. The molecular weight excluding hydrogens is 272 g/mol. The number of fused-ring (bicyclic) bond motifs is 1. The van der Waals surface area contributed by atoms with Gasteiger partial charge in [0, 0.05) is 18.6 Å². The Morgan fingerprint density at radius 1 is 1.50 bits per heavy atom. The number of nitrogens with zero attached hydrogens (tertiary/aromatic N) is 1. The summed E-state index contributed by atoms with van der Waals surface area (Å²) in [5.74, 6) is 0.681. The number of thiophene rings is 1. The predicted octanol–water partition coefficient (Wildman–Crippen LogP) is 3.14. The Labute approximate surface area is 121 Å². The number of carbonyl (C=O) groups excluding carboxylic acids is 1. The zero-order valence-electron chi connectivity index (χ0n) is 11.3. The number of allylic oxidation sites excluding steroid dienone is 1. The van der Waals surface area contributed by atoms with E-state index in [0.29, 0.717) is 4.88 Å². The molecule has 2 heterocycles. The molecule has 3 rings (SSSR count). The van der Waals surface area contributed by atoms with Gasteiger partial charge in [0.25, 0.3) is 5.91 Å². The maximum atomic E-state index is 11.7. The number of ether oxygens (including phenoxy) is 1. The van der Waals surface area contributed by atoms with Crippen LogP contribution in [0.3, 0.4) is 0 Å². The minimum atomic E-state index is -0.0743. The second kappa shape index (κ2) is 5.63. The average molecular weight is 288 g/mol. The van der Waals surface area contributed by atoms with Crippen LogP contribution in [0, 0.1) is 0 Å². The molecule has 104 valence electrons. The van der Waals surface area contributed by atoms with Crippen molar-refractivity contribution in [3.63, 3.8) is 0 Å². The Morgan fingerprint density at radius 3 is 3.15 bits per heavy atom. The van der Waals surface area contributed by atoms with Crippen molar-refractivity contribution >= 4 is 27.3 Å². The molecule has 2 aromatic heterocycles. The fourth-order valence-corrected chi connectivity index (χ4v) is 3.30. The number of hydrogen-bond acceptors (Lipinski definition) is 4. The smallest absolute Gasteiger partial charge is 0.261 e. The highest BCUT2D eigenvalue weighted by atomic mass is 32.1. The summed E-state index contributed by atoms with van der Waals surface area (Å²) in [5.41, 5.74) is 0.